The van der Waals surface area contributed by atoms with Crippen LogP contribution in [0, 0.1) is 23.5 Å². The number of aromatic nitrogens is 4. The predicted octanol–water partition coefficient (Wildman–Crippen LogP) is 2.14. The maximum atomic E-state index is 15.4. The second-order valence-corrected chi connectivity index (χ2v) is 11.0. The second-order valence-electron chi connectivity index (χ2n) is 11.0. The number of rotatable bonds is 11. The number of likely N-dealkylation sites (tertiary alicyclic amines) is 1. The number of amides is 2. The lowest BCUT2D eigenvalue weighted by molar-refractivity contribution is -0.127. The lowest BCUT2D eigenvalue weighted by Gasteiger charge is -2.26. The molecule has 45 heavy (non-hydrogen) atoms. The molecule has 5 rings (SSSR count). The molecule has 1 aromatic carbocycles. The Morgan fingerprint density at radius 1 is 1.29 bits per heavy atom. The first-order chi connectivity index (χ1) is 21.8. The predicted molar refractivity (Wildman–Crippen MR) is 164 cm³/mol. The molecule has 3 aromatic rings. The molecule has 1 unspecified atom stereocenters. The van der Waals surface area contributed by atoms with E-state index in [2.05, 4.69) is 38.7 Å². The van der Waals surface area contributed by atoms with E-state index >= 15 is 8.78 Å². The topological polar surface area (TPSA) is 133 Å². The van der Waals surface area contributed by atoms with Gasteiger partial charge in [0.1, 0.15) is 22.7 Å². The Morgan fingerprint density at radius 3 is 2.76 bits per heavy atom. The summed E-state index contributed by atoms with van der Waals surface area (Å²) >= 11 is 0. The highest BCUT2D eigenvalue weighted by molar-refractivity contribution is 6.00. The van der Waals surface area contributed by atoms with Crippen LogP contribution in [-0.4, -0.2) is 107 Å². The van der Waals surface area contributed by atoms with Crippen LogP contribution in [0.5, 0.6) is 0 Å². The fraction of sp³-hybridized carbons (Fsp3) is 0.484. The number of benzene rings is 1. The summed E-state index contributed by atoms with van der Waals surface area (Å²) in [6.07, 6.45) is 3.91. The van der Waals surface area contributed by atoms with Crippen molar-refractivity contribution in [2.75, 3.05) is 65.0 Å². The summed E-state index contributed by atoms with van der Waals surface area (Å²) in [6, 6.07) is 0.564. The molecule has 0 bridgehead atoms. The largest absolute Gasteiger partial charge is 0.383 e. The van der Waals surface area contributed by atoms with E-state index in [0.717, 1.165) is 26.1 Å². The van der Waals surface area contributed by atoms with Crippen molar-refractivity contribution in [3.8, 4) is 11.8 Å². The number of nitrogens with one attached hydrogen (secondary N) is 1. The number of carbonyl (C=O) groups excluding carboxylic acids is 2. The molecule has 0 saturated carbocycles. The monoisotopic (exact) mass is 624 g/mol. The van der Waals surface area contributed by atoms with Crippen LogP contribution < -0.4 is 11.1 Å². The molecule has 0 radical (unpaired) electrons. The molecule has 0 spiro atoms. The number of aryl methyl sites for hydroxylation is 1. The van der Waals surface area contributed by atoms with Gasteiger partial charge in [-0.1, -0.05) is 12.5 Å². The van der Waals surface area contributed by atoms with Gasteiger partial charge in [-0.25, -0.2) is 18.4 Å². The van der Waals surface area contributed by atoms with Crippen molar-refractivity contribution in [2.45, 2.75) is 38.4 Å². The molecular weight excluding hydrogens is 586 g/mol. The number of halogens is 2. The maximum Gasteiger partial charge on any atom is 0.255 e. The summed E-state index contributed by atoms with van der Waals surface area (Å²) in [6.45, 7) is 10.9. The number of morpholine rings is 1. The van der Waals surface area contributed by atoms with Gasteiger partial charge in [0.05, 0.1) is 49.3 Å². The van der Waals surface area contributed by atoms with Crippen molar-refractivity contribution < 1.29 is 27.8 Å². The lowest BCUT2D eigenvalue weighted by Crippen LogP contribution is -2.37. The number of nitrogens with two attached hydrogens (primary N) is 1. The average Bonchev–Trinajstić information content (AvgIpc) is 3.74. The second kappa shape index (κ2) is 14.2. The van der Waals surface area contributed by atoms with Crippen LogP contribution in [0.4, 0.5) is 14.6 Å². The average molecular weight is 625 g/mol. The third kappa shape index (κ3) is 6.70. The zero-order valence-corrected chi connectivity index (χ0v) is 25.5. The van der Waals surface area contributed by atoms with Crippen molar-refractivity contribution in [1.82, 2.24) is 29.1 Å². The van der Waals surface area contributed by atoms with Gasteiger partial charge in [0, 0.05) is 45.9 Å². The molecule has 2 fully saturated rings. The first-order valence-corrected chi connectivity index (χ1v) is 15.0. The third-order valence-electron chi connectivity index (χ3n) is 8.21. The van der Waals surface area contributed by atoms with E-state index in [1.54, 1.807) is 21.3 Å². The Bertz CT molecular complexity index is 1640. The van der Waals surface area contributed by atoms with Crippen molar-refractivity contribution in [3.05, 3.63) is 53.5 Å². The number of anilines is 1. The molecule has 2 atom stereocenters. The number of primary amides is 1. The van der Waals surface area contributed by atoms with E-state index in [1.807, 2.05) is 6.92 Å². The standard InChI is InChI=1S/C31H38F2N8O4/c1-4-26(42)40-17-20(15-21(40)18-44-3)41-31(35-9-6-10-38-11-13-45-14-12-38)27(30(34)43)24(37-41)8-7-22-23(32)16-25-29(28(22)33)36-19-39(25)5-2/h4,16,19-21,35H,1,5-6,9-15,17-18H2,2-3H3,(H2,34,43)/t20?,21-/m1/s1. The highest BCUT2D eigenvalue weighted by Gasteiger charge is 2.38. The molecule has 3 N–H and O–H groups in total. The summed E-state index contributed by atoms with van der Waals surface area (Å²) in [4.78, 5) is 33.6. The Hall–Kier alpha value is -4.32. The quantitative estimate of drug-likeness (QED) is 0.189. The van der Waals surface area contributed by atoms with Crippen LogP contribution in [0.25, 0.3) is 11.0 Å². The minimum absolute atomic E-state index is 0.00261. The van der Waals surface area contributed by atoms with E-state index < -0.39 is 23.1 Å². The van der Waals surface area contributed by atoms with E-state index in [9.17, 15) is 9.59 Å². The Morgan fingerprint density at radius 2 is 2.07 bits per heavy atom. The van der Waals surface area contributed by atoms with Gasteiger partial charge in [-0.3, -0.25) is 14.5 Å². The van der Waals surface area contributed by atoms with E-state index in [0.29, 0.717) is 50.7 Å². The number of hydrogen-bond acceptors (Lipinski definition) is 8. The molecule has 12 nitrogen and oxygen atoms in total. The van der Waals surface area contributed by atoms with Gasteiger partial charge < -0.3 is 30.0 Å². The van der Waals surface area contributed by atoms with Crippen LogP contribution in [0.1, 0.15) is 47.4 Å². The molecule has 240 valence electrons. The molecule has 4 heterocycles. The first-order valence-electron chi connectivity index (χ1n) is 15.0. The van der Waals surface area contributed by atoms with Crippen molar-refractivity contribution in [2.24, 2.45) is 5.73 Å². The van der Waals surface area contributed by atoms with Gasteiger partial charge >= 0.3 is 0 Å². The molecule has 2 amide bonds. The molecule has 2 aliphatic heterocycles. The Labute approximate surface area is 260 Å². The van der Waals surface area contributed by atoms with Crippen LogP contribution in [0.3, 0.4) is 0 Å². The Balaban J connectivity index is 1.51. The highest BCUT2D eigenvalue weighted by Crippen LogP contribution is 2.33. The van der Waals surface area contributed by atoms with Crippen LogP contribution >= 0.6 is 0 Å². The van der Waals surface area contributed by atoms with Crippen LogP contribution in [0.2, 0.25) is 0 Å². The number of methoxy groups -OCH3 is 1. The minimum atomic E-state index is -0.900. The highest BCUT2D eigenvalue weighted by atomic mass is 19.1. The molecule has 14 heteroatoms. The van der Waals surface area contributed by atoms with Gasteiger partial charge in [-0.2, -0.15) is 5.10 Å². The van der Waals surface area contributed by atoms with Gasteiger partial charge in [-0.05, 0) is 38.3 Å². The fourth-order valence-corrected chi connectivity index (χ4v) is 5.95. The summed E-state index contributed by atoms with van der Waals surface area (Å²) in [5, 5.41) is 7.95. The molecule has 0 aliphatic carbocycles. The smallest absolute Gasteiger partial charge is 0.255 e. The van der Waals surface area contributed by atoms with Crippen molar-refractivity contribution in [3.63, 3.8) is 0 Å². The van der Waals surface area contributed by atoms with E-state index in [-0.39, 0.29) is 41.3 Å². The summed E-state index contributed by atoms with van der Waals surface area (Å²) in [7, 11) is 1.56. The number of fused-ring (bicyclic) bond motifs is 1. The summed E-state index contributed by atoms with van der Waals surface area (Å²) < 4.78 is 44.5. The SMILES string of the molecule is C=CC(=O)N1CC(n2nc(C#Cc3c(F)cc4c(ncn4CC)c3F)c(C(N)=O)c2NCCCN2CCOCC2)C[C@@H]1COC. The normalized spacial score (nSPS) is 18.6. The van der Waals surface area contributed by atoms with Crippen LogP contribution in [0.15, 0.2) is 25.0 Å². The molecular formula is C31H38F2N8O4. The zero-order valence-electron chi connectivity index (χ0n) is 25.5. The summed E-state index contributed by atoms with van der Waals surface area (Å²) in [5.41, 5.74) is 5.65. The minimum Gasteiger partial charge on any atom is -0.383 e. The van der Waals surface area contributed by atoms with Crippen LogP contribution in [-0.2, 0) is 20.8 Å². The van der Waals surface area contributed by atoms with Gasteiger partial charge in [0.25, 0.3) is 5.91 Å². The van der Waals surface area contributed by atoms with Crippen molar-refractivity contribution >= 4 is 28.7 Å². The summed E-state index contributed by atoms with van der Waals surface area (Å²) in [5.74, 6) is 2.76. The van der Waals surface area contributed by atoms with Gasteiger partial charge in [-0.15, -0.1) is 0 Å². The van der Waals surface area contributed by atoms with Crippen molar-refractivity contribution in [1.29, 1.82) is 0 Å². The van der Waals surface area contributed by atoms with Gasteiger partial charge in [0.15, 0.2) is 11.5 Å². The number of ether oxygens (including phenoxy) is 2. The molecule has 2 aliphatic rings. The number of imidazole rings is 1. The lowest BCUT2D eigenvalue weighted by atomic mass is 10.1. The number of carbonyl (C=O) groups is 2. The third-order valence-corrected chi connectivity index (χ3v) is 8.21. The van der Waals surface area contributed by atoms with E-state index in [1.165, 1.54) is 18.5 Å². The molecule has 2 aromatic heterocycles. The molecule has 2 saturated heterocycles. The maximum absolute atomic E-state index is 15.4. The number of hydrogen-bond donors (Lipinski definition) is 2. The Kier molecular flexibility index (Phi) is 10.1. The zero-order chi connectivity index (χ0) is 32.1. The van der Waals surface area contributed by atoms with E-state index in [4.69, 9.17) is 15.2 Å². The van der Waals surface area contributed by atoms with Gasteiger partial charge in [0.2, 0.25) is 5.91 Å². The first kappa shape index (κ1) is 32.1. The number of nitrogens with zero attached hydrogens (tertiary/aromatic N) is 6. The fourth-order valence-electron chi connectivity index (χ4n) is 5.95.